The number of carbonyl (C=O) groups excluding carboxylic acids is 3. The van der Waals surface area contributed by atoms with Gasteiger partial charge in [-0.15, -0.1) is 0 Å². The van der Waals surface area contributed by atoms with E-state index < -0.39 is 5.97 Å². The van der Waals surface area contributed by atoms with Crippen LogP contribution in [-0.4, -0.2) is 60.6 Å². The molecule has 2 amide bonds. The van der Waals surface area contributed by atoms with Crippen molar-refractivity contribution in [2.75, 3.05) is 38.6 Å². The van der Waals surface area contributed by atoms with Crippen molar-refractivity contribution in [3.8, 4) is 5.75 Å². The summed E-state index contributed by atoms with van der Waals surface area (Å²) in [5.41, 5.74) is 1.10. The Bertz CT molecular complexity index is 623. The van der Waals surface area contributed by atoms with E-state index >= 15 is 0 Å². The summed E-state index contributed by atoms with van der Waals surface area (Å²) in [7, 11) is 0. The van der Waals surface area contributed by atoms with Crippen molar-refractivity contribution in [1.29, 1.82) is 0 Å². The van der Waals surface area contributed by atoms with Gasteiger partial charge >= 0.3 is 5.97 Å². The second-order valence-corrected chi connectivity index (χ2v) is 6.57. The van der Waals surface area contributed by atoms with Gasteiger partial charge in [0, 0.05) is 18.8 Å². The lowest BCUT2D eigenvalue weighted by atomic mass is 10.2. The van der Waals surface area contributed by atoms with Crippen LogP contribution in [0.2, 0.25) is 0 Å². The first-order valence-corrected chi connectivity index (χ1v) is 9.06. The number of ether oxygens (including phenoxy) is 2. The van der Waals surface area contributed by atoms with Gasteiger partial charge in [0.25, 0.3) is 11.1 Å². The molecule has 2 rings (SSSR count). The molecule has 1 aromatic rings. The number of benzene rings is 1. The highest BCUT2D eigenvalue weighted by Gasteiger charge is 2.21. The van der Waals surface area contributed by atoms with Crippen LogP contribution in [0, 0.1) is 6.92 Å². The van der Waals surface area contributed by atoms with Crippen LogP contribution in [0.1, 0.15) is 12.0 Å². The van der Waals surface area contributed by atoms with Crippen molar-refractivity contribution in [1.82, 2.24) is 10.2 Å². The molecule has 1 fully saturated rings. The monoisotopic (exact) mass is 366 g/mol. The molecule has 0 radical (unpaired) electrons. The average molecular weight is 366 g/mol. The highest BCUT2D eigenvalue weighted by Crippen LogP contribution is 2.17. The van der Waals surface area contributed by atoms with Gasteiger partial charge in [0.1, 0.15) is 12.4 Å². The van der Waals surface area contributed by atoms with Crippen LogP contribution in [0.5, 0.6) is 5.75 Å². The van der Waals surface area contributed by atoms with Gasteiger partial charge in [0.2, 0.25) is 0 Å². The first kappa shape index (κ1) is 19.1. The molecule has 1 saturated heterocycles. The summed E-state index contributed by atoms with van der Waals surface area (Å²) < 4.78 is 10.4. The number of carbonyl (C=O) groups is 3. The fourth-order valence-electron chi connectivity index (χ4n) is 2.19. The zero-order valence-electron chi connectivity index (χ0n) is 14.2. The lowest BCUT2D eigenvalue weighted by molar-refractivity contribution is -0.148. The number of rotatable bonds is 9. The Morgan fingerprint density at radius 1 is 1.36 bits per heavy atom. The molecule has 0 saturated carbocycles. The number of thioether (sulfide) groups is 1. The molecule has 0 bridgehead atoms. The van der Waals surface area contributed by atoms with Crippen molar-refractivity contribution >= 4 is 28.9 Å². The van der Waals surface area contributed by atoms with Crippen LogP contribution in [0.3, 0.4) is 0 Å². The third-order valence-electron chi connectivity index (χ3n) is 3.48. The molecular weight excluding hydrogens is 344 g/mol. The van der Waals surface area contributed by atoms with Crippen molar-refractivity contribution in [3.63, 3.8) is 0 Å². The smallest absolute Gasteiger partial charge is 0.308 e. The summed E-state index contributed by atoms with van der Waals surface area (Å²) in [6, 6.07) is 7.63. The predicted molar refractivity (Wildman–Crippen MR) is 94.7 cm³/mol. The third-order valence-corrected chi connectivity index (χ3v) is 4.37. The quantitative estimate of drug-likeness (QED) is 0.528. The largest absolute Gasteiger partial charge is 0.492 e. The molecule has 1 aliphatic rings. The Balaban J connectivity index is 1.53. The number of hydrogen-bond acceptors (Lipinski definition) is 6. The number of aryl methyl sites for hydroxylation is 1. The Morgan fingerprint density at radius 3 is 2.92 bits per heavy atom. The predicted octanol–water partition coefficient (Wildman–Crippen LogP) is 1.59. The van der Waals surface area contributed by atoms with E-state index in [0.717, 1.165) is 17.1 Å². The van der Waals surface area contributed by atoms with Crippen LogP contribution < -0.4 is 10.1 Å². The molecule has 0 unspecified atom stereocenters. The molecule has 1 N–H and O–H groups in total. The molecule has 1 heterocycles. The van der Waals surface area contributed by atoms with Crippen LogP contribution in [0.15, 0.2) is 24.3 Å². The Labute approximate surface area is 151 Å². The first-order chi connectivity index (χ1) is 12.0. The molecule has 0 spiro atoms. The maximum atomic E-state index is 11.6. The zero-order valence-corrected chi connectivity index (χ0v) is 15.0. The minimum Gasteiger partial charge on any atom is -0.492 e. The van der Waals surface area contributed by atoms with Gasteiger partial charge in [0.05, 0.1) is 13.0 Å². The average Bonchev–Trinajstić information content (AvgIpc) is 3.00. The minimum atomic E-state index is -0.490. The SMILES string of the molecule is Cc1cccc(OCCNC(=O)COC(=O)CCN2CCSC2=O)c1. The van der Waals surface area contributed by atoms with E-state index in [1.807, 2.05) is 31.2 Å². The summed E-state index contributed by atoms with van der Waals surface area (Å²) in [4.78, 5) is 36.2. The van der Waals surface area contributed by atoms with Crippen LogP contribution in [0.4, 0.5) is 4.79 Å². The number of nitrogens with zero attached hydrogens (tertiary/aromatic N) is 1. The van der Waals surface area contributed by atoms with Gasteiger partial charge in [-0.1, -0.05) is 23.9 Å². The van der Waals surface area contributed by atoms with Gasteiger partial charge in [-0.25, -0.2) is 0 Å². The van der Waals surface area contributed by atoms with Crippen molar-refractivity contribution in [2.45, 2.75) is 13.3 Å². The van der Waals surface area contributed by atoms with Crippen molar-refractivity contribution in [2.24, 2.45) is 0 Å². The maximum absolute atomic E-state index is 11.6. The first-order valence-electron chi connectivity index (χ1n) is 8.08. The summed E-state index contributed by atoms with van der Waals surface area (Å²) in [6.07, 6.45) is 0.0933. The lowest BCUT2D eigenvalue weighted by Gasteiger charge is -2.13. The normalized spacial score (nSPS) is 13.6. The number of amides is 2. The fraction of sp³-hybridized carbons (Fsp3) is 0.471. The second kappa shape index (κ2) is 9.93. The van der Waals surface area contributed by atoms with E-state index in [1.165, 1.54) is 11.8 Å². The molecule has 7 nitrogen and oxygen atoms in total. The van der Waals surface area contributed by atoms with Crippen LogP contribution in [0.25, 0.3) is 0 Å². The number of hydrogen-bond donors (Lipinski definition) is 1. The molecule has 0 atom stereocenters. The van der Waals surface area contributed by atoms with E-state index in [-0.39, 0.29) is 24.2 Å². The maximum Gasteiger partial charge on any atom is 0.308 e. The summed E-state index contributed by atoms with van der Waals surface area (Å²) in [6.45, 7) is 3.28. The molecular formula is C17H22N2O5S. The summed E-state index contributed by atoms with van der Waals surface area (Å²) in [5, 5.41) is 2.60. The minimum absolute atomic E-state index is 0.0147. The molecule has 1 aliphatic heterocycles. The van der Waals surface area contributed by atoms with Gasteiger partial charge in [0.15, 0.2) is 6.61 Å². The van der Waals surface area contributed by atoms with E-state index in [0.29, 0.717) is 26.2 Å². The van der Waals surface area contributed by atoms with E-state index in [4.69, 9.17) is 9.47 Å². The van der Waals surface area contributed by atoms with E-state index in [9.17, 15) is 14.4 Å². The lowest BCUT2D eigenvalue weighted by Crippen LogP contribution is -2.32. The van der Waals surface area contributed by atoms with Gasteiger partial charge in [-0.3, -0.25) is 14.4 Å². The van der Waals surface area contributed by atoms with Crippen LogP contribution in [-0.2, 0) is 14.3 Å². The molecule has 25 heavy (non-hydrogen) atoms. The molecule has 8 heteroatoms. The summed E-state index contributed by atoms with van der Waals surface area (Å²) in [5.74, 6) is 0.626. The number of nitrogens with one attached hydrogen (secondary N) is 1. The van der Waals surface area contributed by atoms with E-state index in [2.05, 4.69) is 5.32 Å². The van der Waals surface area contributed by atoms with Gasteiger partial charge < -0.3 is 19.7 Å². The van der Waals surface area contributed by atoms with Crippen molar-refractivity contribution < 1.29 is 23.9 Å². The fourth-order valence-corrected chi connectivity index (χ4v) is 3.04. The molecule has 0 aliphatic carbocycles. The van der Waals surface area contributed by atoms with Gasteiger partial charge in [-0.05, 0) is 24.6 Å². The standard InChI is InChI=1S/C17H22N2O5S/c1-13-3-2-4-14(11-13)23-9-6-18-15(20)12-24-16(21)5-7-19-8-10-25-17(19)22/h2-4,11H,5-10,12H2,1H3,(H,18,20). The van der Waals surface area contributed by atoms with E-state index in [1.54, 1.807) is 4.90 Å². The zero-order chi connectivity index (χ0) is 18.1. The summed E-state index contributed by atoms with van der Waals surface area (Å²) >= 11 is 1.24. The molecule has 1 aromatic carbocycles. The molecule has 0 aromatic heterocycles. The second-order valence-electron chi connectivity index (χ2n) is 5.53. The highest BCUT2D eigenvalue weighted by atomic mass is 32.2. The van der Waals surface area contributed by atoms with Crippen molar-refractivity contribution in [3.05, 3.63) is 29.8 Å². The van der Waals surface area contributed by atoms with Crippen LogP contribution >= 0.6 is 11.8 Å². The third kappa shape index (κ3) is 7.04. The van der Waals surface area contributed by atoms with Gasteiger partial charge in [-0.2, -0.15) is 0 Å². The molecule has 136 valence electrons. The highest BCUT2D eigenvalue weighted by molar-refractivity contribution is 8.13. The Morgan fingerprint density at radius 2 is 2.20 bits per heavy atom. The Kier molecular flexibility index (Phi) is 7.59. The number of esters is 1. The topological polar surface area (TPSA) is 84.9 Å². The Hall–Kier alpha value is -2.22.